The standard InChI is InChI=1S/C28H36N2O6S/c1-35-21-15-17(10-11-20(21)31)25-19-8-5-6-12-28(19,34)13-14-30(25)16-23(32)29-26-24(27(33)36-2)18-7-3-4-9-22(18)37-26/h10-11,15,19,25,31,34H,3-9,12-14,16H2,1-2H3,(H,29,32)/t19-,25+,28-/m1/s1. The SMILES string of the molecule is COC(=O)c1c(NC(=O)CN2CC[C@]3(O)CCCC[C@@H]3[C@@H]2c2ccc(O)c(OC)c2)sc2c1CCCC2. The number of nitrogens with one attached hydrogen (secondary N) is 1. The van der Waals surface area contributed by atoms with E-state index < -0.39 is 11.6 Å². The number of anilines is 1. The number of phenolic OH excluding ortho intramolecular Hbond substituents is 1. The van der Waals surface area contributed by atoms with Crippen molar-refractivity contribution in [2.75, 3.05) is 32.6 Å². The van der Waals surface area contributed by atoms with Crippen molar-refractivity contribution in [1.82, 2.24) is 4.90 Å². The van der Waals surface area contributed by atoms with Crippen LogP contribution in [-0.4, -0.2) is 59.9 Å². The molecule has 3 atom stereocenters. The van der Waals surface area contributed by atoms with Gasteiger partial charge in [-0.3, -0.25) is 9.69 Å². The van der Waals surface area contributed by atoms with Gasteiger partial charge in [-0.2, -0.15) is 0 Å². The number of phenols is 1. The minimum Gasteiger partial charge on any atom is -0.504 e. The Balaban J connectivity index is 1.42. The molecule has 3 N–H and O–H groups in total. The van der Waals surface area contributed by atoms with Crippen LogP contribution >= 0.6 is 11.3 Å². The minimum atomic E-state index is -0.772. The van der Waals surface area contributed by atoms with Gasteiger partial charge in [-0.05, 0) is 68.2 Å². The van der Waals surface area contributed by atoms with Gasteiger partial charge in [0.2, 0.25) is 5.91 Å². The molecule has 1 amide bonds. The molecule has 5 rings (SSSR count). The summed E-state index contributed by atoms with van der Waals surface area (Å²) < 4.78 is 10.4. The van der Waals surface area contributed by atoms with Crippen LogP contribution in [0.2, 0.25) is 0 Å². The van der Waals surface area contributed by atoms with Crippen LogP contribution in [0.25, 0.3) is 0 Å². The van der Waals surface area contributed by atoms with E-state index in [9.17, 15) is 19.8 Å². The summed E-state index contributed by atoms with van der Waals surface area (Å²) in [5, 5.41) is 25.3. The Hall–Kier alpha value is -2.62. The Labute approximate surface area is 221 Å². The molecule has 37 heavy (non-hydrogen) atoms. The van der Waals surface area contributed by atoms with Crippen LogP contribution in [0.15, 0.2) is 18.2 Å². The van der Waals surface area contributed by atoms with E-state index in [0.29, 0.717) is 29.3 Å². The topological polar surface area (TPSA) is 108 Å². The largest absolute Gasteiger partial charge is 0.504 e. The maximum atomic E-state index is 13.4. The van der Waals surface area contributed by atoms with Gasteiger partial charge in [0.15, 0.2) is 11.5 Å². The summed E-state index contributed by atoms with van der Waals surface area (Å²) >= 11 is 1.48. The maximum absolute atomic E-state index is 13.4. The van der Waals surface area contributed by atoms with Gasteiger partial charge in [0.1, 0.15) is 5.00 Å². The molecule has 200 valence electrons. The highest BCUT2D eigenvalue weighted by atomic mass is 32.1. The summed E-state index contributed by atoms with van der Waals surface area (Å²) in [6.45, 7) is 0.697. The molecule has 2 aromatic rings. The quantitative estimate of drug-likeness (QED) is 0.476. The lowest BCUT2D eigenvalue weighted by molar-refractivity contribution is -0.135. The predicted molar refractivity (Wildman–Crippen MR) is 141 cm³/mol. The fraction of sp³-hybridized carbons (Fsp3) is 0.571. The number of thiophene rings is 1. The average Bonchev–Trinajstić information content (AvgIpc) is 3.26. The molecule has 0 unspecified atom stereocenters. The number of aryl methyl sites for hydroxylation is 1. The number of hydrogen-bond acceptors (Lipinski definition) is 8. The summed E-state index contributed by atoms with van der Waals surface area (Å²) in [5.41, 5.74) is 1.65. The van der Waals surface area contributed by atoms with Gasteiger partial charge in [0, 0.05) is 23.4 Å². The molecule has 2 fully saturated rings. The fourth-order valence-corrected chi connectivity index (χ4v) is 7.86. The second kappa shape index (κ2) is 10.6. The van der Waals surface area contributed by atoms with E-state index in [2.05, 4.69) is 10.2 Å². The van der Waals surface area contributed by atoms with E-state index in [-0.39, 0.29) is 30.2 Å². The van der Waals surface area contributed by atoms with Gasteiger partial charge >= 0.3 is 5.97 Å². The molecule has 0 radical (unpaired) electrons. The fourth-order valence-electron chi connectivity index (χ4n) is 6.56. The van der Waals surface area contributed by atoms with Gasteiger partial charge in [0.05, 0.1) is 31.9 Å². The first kappa shape index (κ1) is 26.0. The van der Waals surface area contributed by atoms with Gasteiger partial charge in [-0.1, -0.05) is 18.9 Å². The number of aromatic hydroxyl groups is 1. The molecular weight excluding hydrogens is 492 g/mol. The second-order valence-corrected chi connectivity index (χ2v) is 11.6. The Morgan fingerprint density at radius 2 is 1.97 bits per heavy atom. The molecule has 1 aromatic heterocycles. The van der Waals surface area contributed by atoms with Crippen molar-refractivity contribution >= 4 is 28.2 Å². The van der Waals surface area contributed by atoms with Gasteiger partial charge in [0.25, 0.3) is 0 Å². The number of piperidine rings is 1. The highest BCUT2D eigenvalue weighted by molar-refractivity contribution is 7.17. The number of esters is 1. The molecule has 1 aliphatic heterocycles. The van der Waals surface area contributed by atoms with Gasteiger partial charge in [-0.15, -0.1) is 11.3 Å². The summed E-state index contributed by atoms with van der Waals surface area (Å²) in [7, 11) is 2.89. The first-order chi connectivity index (χ1) is 17.8. The Morgan fingerprint density at radius 1 is 1.16 bits per heavy atom. The highest BCUT2D eigenvalue weighted by Gasteiger charge is 2.49. The normalized spacial score (nSPS) is 25.6. The number of rotatable bonds is 6. The van der Waals surface area contributed by atoms with Crippen molar-refractivity contribution in [3.63, 3.8) is 0 Å². The monoisotopic (exact) mass is 528 g/mol. The Morgan fingerprint density at radius 3 is 2.76 bits per heavy atom. The van der Waals surface area contributed by atoms with Crippen molar-refractivity contribution < 1.29 is 29.3 Å². The molecule has 3 aliphatic rings. The van der Waals surface area contributed by atoms with E-state index in [1.165, 1.54) is 25.6 Å². The first-order valence-corrected chi connectivity index (χ1v) is 14.0. The molecule has 1 saturated heterocycles. The number of benzene rings is 1. The number of ether oxygens (including phenoxy) is 2. The number of carbonyl (C=O) groups is 2. The van der Waals surface area contributed by atoms with Crippen LogP contribution < -0.4 is 10.1 Å². The van der Waals surface area contributed by atoms with Crippen LogP contribution in [0.1, 0.15) is 77.3 Å². The first-order valence-electron chi connectivity index (χ1n) is 13.2. The highest BCUT2D eigenvalue weighted by Crippen LogP contribution is 2.50. The van der Waals surface area contributed by atoms with Crippen molar-refractivity contribution in [2.24, 2.45) is 5.92 Å². The van der Waals surface area contributed by atoms with E-state index in [0.717, 1.165) is 67.4 Å². The molecule has 1 saturated carbocycles. The third-order valence-corrected chi connectivity index (χ3v) is 9.58. The lowest BCUT2D eigenvalue weighted by atomic mass is 9.66. The van der Waals surface area contributed by atoms with Crippen LogP contribution in [0.4, 0.5) is 5.00 Å². The minimum absolute atomic E-state index is 0.0308. The average molecular weight is 529 g/mol. The zero-order valence-corrected chi connectivity index (χ0v) is 22.4. The number of methoxy groups -OCH3 is 2. The smallest absolute Gasteiger partial charge is 0.341 e. The number of hydrogen-bond donors (Lipinski definition) is 3. The molecular formula is C28H36N2O6S. The Kier molecular flexibility index (Phi) is 7.47. The molecule has 0 bridgehead atoms. The zero-order chi connectivity index (χ0) is 26.2. The third-order valence-electron chi connectivity index (χ3n) is 8.38. The van der Waals surface area contributed by atoms with Crippen LogP contribution in [-0.2, 0) is 22.4 Å². The molecule has 8 nitrogen and oxygen atoms in total. The van der Waals surface area contributed by atoms with E-state index in [4.69, 9.17) is 9.47 Å². The lowest BCUT2D eigenvalue weighted by Crippen LogP contribution is -2.56. The predicted octanol–water partition coefficient (Wildman–Crippen LogP) is 4.43. The Bertz CT molecular complexity index is 1180. The second-order valence-electron chi connectivity index (χ2n) is 10.5. The molecule has 0 spiro atoms. The number of amides is 1. The molecule has 2 aliphatic carbocycles. The van der Waals surface area contributed by atoms with Gasteiger partial charge in [-0.25, -0.2) is 4.79 Å². The molecule has 9 heteroatoms. The summed E-state index contributed by atoms with van der Waals surface area (Å²) in [4.78, 5) is 29.3. The maximum Gasteiger partial charge on any atom is 0.341 e. The van der Waals surface area contributed by atoms with Crippen molar-refractivity contribution in [3.05, 3.63) is 39.8 Å². The van der Waals surface area contributed by atoms with E-state index in [1.54, 1.807) is 6.07 Å². The third kappa shape index (κ3) is 4.96. The summed E-state index contributed by atoms with van der Waals surface area (Å²) in [5.74, 6) is -0.201. The van der Waals surface area contributed by atoms with Crippen molar-refractivity contribution in [2.45, 2.75) is 69.4 Å². The zero-order valence-electron chi connectivity index (χ0n) is 21.5. The van der Waals surface area contributed by atoms with Crippen LogP contribution in [0, 0.1) is 5.92 Å². The lowest BCUT2D eigenvalue weighted by Gasteiger charge is -2.52. The van der Waals surface area contributed by atoms with Crippen molar-refractivity contribution in [1.29, 1.82) is 0 Å². The van der Waals surface area contributed by atoms with Gasteiger partial charge < -0.3 is 25.0 Å². The van der Waals surface area contributed by atoms with Crippen LogP contribution in [0.3, 0.4) is 0 Å². The van der Waals surface area contributed by atoms with E-state index >= 15 is 0 Å². The number of nitrogens with zero attached hydrogens (tertiary/aromatic N) is 1. The number of likely N-dealkylation sites (tertiary alicyclic amines) is 1. The summed E-state index contributed by atoms with van der Waals surface area (Å²) in [6, 6.07) is 5.09. The molecule has 1 aromatic carbocycles. The van der Waals surface area contributed by atoms with Crippen LogP contribution in [0.5, 0.6) is 11.5 Å². The number of carbonyl (C=O) groups excluding carboxylic acids is 2. The number of aliphatic hydroxyl groups is 1. The molecule has 2 heterocycles. The number of fused-ring (bicyclic) bond motifs is 2. The van der Waals surface area contributed by atoms with E-state index in [1.807, 2.05) is 12.1 Å². The summed E-state index contributed by atoms with van der Waals surface area (Å²) in [6.07, 6.45) is 8.10. The van der Waals surface area contributed by atoms with Crippen molar-refractivity contribution in [3.8, 4) is 11.5 Å².